The molecule has 0 bridgehead atoms. The monoisotopic (exact) mass is 296 g/mol. The fraction of sp³-hybridized carbons (Fsp3) is 0.235. The molecule has 0 aromatic heterocycles. The van der Waals surface area contributed by atoms with Crippen molar-refractivity contribution in [3.05, 3.63) is 47.0 Å². The van der Waals surface area contributed by atoms with Gasteiger partial charge in [-0.05, 0) is 67.8 Å². The van der Waals surface area contributed by atoms with Gasteiger partial charge in [-0.3, -0.25) is 4.79 Å². The van der Waals surface area contributed by atoms with Crippen LogP contribution in [0.4, 0.5) is 22.7 Å². The summed E-state index contributed by atoms with van der Waals surface area (Å²) in [4.78, 5) is 11.2. The Labute approximate surface area is 130 Å². The Morgan fingerprint density at radius 2 is 1.64 bits per heavy atom. The third-order valence-electron chi connectivity index (χ3n) is 3.31. The second kappa shape index (κ2) is 6.39. The lowest BCUT2D eigenvalue weighted by molar-refractivity contribution is -0.114. The number of nitrogen functional groups attached to an aromatic ring is 1. The zero-order valence-corrected chi connectivity index (χ0v) is 13.3. The van der Waals surface area contributed by atoms with Gasteiger partial charge in [-0.25, -0.2) is 0 Å². The number of carbonyl (C=O) groups is 1. The summed E-state index contributed by atoms with van der Waals surface area (Å²) in [6, 6.07) is 9.31. The molecule has 2 aromatic carbocycles. The van der Waals surface area contributed by atoms with E-state index in [-0.39, 0.29) is 5.91 Å². The summed E-state index contributed by atoms with van der Waals surface area (Å²) < 4.78 is 0. The lowest BCUT2D eigenvalue weighted by Crippen LogP contribution is -2.08. The van der Waals surface area contributed by atoms with Crippen LogP contribution in [0.5, 0.6) is 0 Å². The third kappa shape index (κ3) is 3.69. The largest absolute Gasteiger partial charge is 0.399 e. The minimum atomic E-state index is -0.0851. The summed E-state index contributed by atoms with van der Waals surface area (Å²) in [6.07, 6.45) is 0. The number of nitrogens with two attached hydrogens (primary N) is 1. The van der Waals surface area contributed by atoms with Crippen molar-refractivity contribution in [2.75, 3.05) is 11.1 Å². The van der Waals surface area contributed by atoms with Gasteiger partial charge < -0.3 is 11.1 Å². The quantitative estimate of drug-likeness (QED) is 0.642. The number of azo groups is 1. The van der Waals surface area contributed by atoms with E-state index in [1.54, 1.807) is 6.07 Å². The van der Waals surface area contributed by atoms with E-state index in [2.05, 4.69) is 15.5 Å². The molecular formula is C17H20N4O. The predicted molar refractivity (Wildman–Crippen MR) is 90.0 cm³/mol. The average Bonchev–Trinajstić information content (AvgIpc) is 2.41. The van der Waals surface area contributed by atoms with E-state index in [1.165, 1.54) is 6.92 Å². The highest BCUT2D eigenvalue weighted by Gasteiger charge is 2.06. The van der Waals surface area contributed by atoms with E-state index in [0.717, 1.165) is 33.8 Å². The number of benzene rings is 2. The summed E-state index contributed by atoms with van der Waals surface area (Å²) in [5.74, 6) is -0.0851. The second-order valence-corrected chi connectivity index (χ2v) is 5.38. The first-order valence-electron chi connectivity index (χ1n) is 7.03. The van der Waals surface area contributed by atoms with Crippen molar-refractivity contribution in [2.24, 2.45) is 10.2 Å². The molecule has 0 fully saturated rings. The van der Waals surface area contributed by atoms with Crippen LogP contribution in [0.3, 0.4) is 0 Å². The molecule has 0 saturated carbocycles. The molecule has 5 nitrogen and oxygen atoms in total. The molecule has 114 valence electrons. The van der Waals surface area contributed by atoms with E-state index in [1.807, 2.05) is 45.0 Å². The average molecular weight is 296 g/mol. The highest BCUT2D eigenvalue weighted by atomic mass is 16.1. The number of anilines is 2. The van der Waals surface area contributed by atoms with Gasteiger partial charge in [-0.1, -0.05) is 0 Å². The van der Waals surface area contributed by atoms with Gasteiger partial charge in [0, 0.05) is 18.3 Å². The van der Waals surface area contributed by atoms with Gasteiger partial charge in [-0.15, -0.1) is 0 Å². The molecule has 0 unspecified atom stereocenters. The van der Waals surface area contributed by atoms with Gasteiger partial charge >= 0.3 is 0 Å². The molecule has 0 spiro atoms. The Balaban J connectivity index is 2.30. The number of nitrogens with one attached hydrogen (secondary N) is 1. The van der Waals surface area contributed by atoms with Crippen LogP contribution in [0.25, 0.3) is 0 Å². The summed E-state index contributed by atoms with van der Waals surface area (Å²) in [5.41, 5.74) is 11.7. The third-order valence-corrected chi connectivity index (χ3v) is 3.31. The maximum atomic E-state index is 11.2. The molecule has 0 heterocycles. The van der Waals surface area contributed by atoms with E-state index in [4.69, 9.17) is 5.73 Å². The molecule has 2 rings (SSSR count). The van der Waals surface area contributed by atoms with Crippen LogP contribution < -0.4 is 11.1 Å². The van der Waals surface area contributed by atoms with E-state index >= 15 is 0 Å². The number of rotatable bonds is 3. The number of hydrogen-bond acceptors (Lipinski definition) is 4. The van der Waals surface area contributed by atoms with Crippen LogP contribution in [-0.2, 0) is 4.79 Å². The molecule has 3 N–H and O–H groups in total. The molecule has 0 aliphatic rings. The van der Waals surface area contributed by atoms with Gasteiger partial charge in [-0.2, -0.15) is 10.2 Å². The summed E-state index contributed by atoms with van der Waals surface area (Å²) in [6.45, 7) is 7.31. The molecule has 5 heteroatoms. The Hall–Kier alpha value is -2.69. The summed E-state index contributed by atoms with van der Waals surface area (Å²) in [7, 11) is 0. The molecule has 0 atom stereocenters. The molecule has 0 aliphatic heterocycles. The van der Waals surface area contributed by atoms with Crippen molar-refractivity contribution in [2.45, 2.75) is 27.7 Å². The summed E-state index contributed by atoms with van der Waals surface area (Å²) in [5, 5.41) is 11.4. The summed E-state index contributed by atoms with van der Waals surface area (Å²) >= 11 is 0. The maximum Gasteiger partial charge on any atom is 0.221 e. The van der Waals surface area contributed by atoms with Crippen LogP contribution in [0.1, 0.15) is 23.6 Å². The lowest BCUT2D eigenvalue weighted by Gasteiger charge is -2.10. The van der Waals surface area contributed by atoms with Gasteiger partial charge in [0.15, 0.2) is 0 Å². The van der Waals surface area contributed by atoms with Gasteiger partial charge in [0.25, 0.3) is 0 Å². The Bertz CT molecular complexity index is 727. The molecule has 22 heavy (non-hydrogen) atoms. The SMILES string of the molecule is CC(=O)Nc1c(C)cc(N=Nc2ccc(N)cc2C)cc1C. The predicted octanol–water partition coefficient (Wildman–Crippen LogP) is 4.57. The maximum absolute atomic E-state index is 11.2. The minimum Gasteiger partial charge on any atom is -0.399 e. The van der Waals surface area contributed by atoms with E-state index in [9.17, 15) is 4.79 Å². The number of amides is 1. The number of nitrogens with zero attached hydrogens (tertiary/aromatic N) is 2. The van der Waals surface area contributed by atoms with Crippen molar-refractivity contribution in [1.82, 2.24) is 0 Å². The van der Waals surface area contributed by atoms with Crippen molar-refractivity contribution in [3.63, 3.8) is 0 Å². The van der Waals surface area contributed by atoms with Crippen LogP contribution in [0.2, 0.25) is 0 Å². The first kappa shape index (κ1) is 15.7. The molecule has 2 aromatic rings. The topological polar surface area (TPSA) is 79.8 Å². The lowest BCUT2D eigenvalue weighted by atomic mass is 10.1. The van der Waals surface area contributed by atoms with Crippen LogP contribution in [0.15, 0.2) is 40.6 Å². The number of carbonyl (C=O) groups excluding carboxylic acids is 1. The normalized spacial score (nSPS) is 10.9. The first-order chi connectivity index (χ1) is 10.4. The molecular weight excluding hydrogens is 276 g/mol. The first-order valence-corrected chi connectivity index (χ1v) is 7.03. The molecule has 0 aliphatic carbocycles. The van der Waals surface area contributed by atoms with Gasteiger partial charge in [0.1, 0.15) is 0 Å². The van der Waals surface area contributed by atoms with E-state index < -0.39 is 0 Å². The highest BCUT2D eigenvalue weighted by molar-refractivity contribution is 5.90. The zero-order valence-electron chi connectivity index (χ0n) is 13.3. The van der Waals surface area contributed by atoms with E-state index in [0.29, 0.717) is 5.69 Å². The molecule has 1 amide bonds. The zero-order chi connectivity index (χ0) is 16.3. The van der Waals surface area contributed by atoms with Crippen molar-refractivity contribution in [1.29, 1.82) is 0 Å². The van der Waals surface area contributed by atoms with Crippen molar-refractivity contribution in [3.8, 4) is 0 Å². The Kier molecular flexibility index (Phi) is 4.56. The fourth-order valence-corrected chi connectivity index (χ4v) is 2.27. The van der Waals surface area contributed by atoms with Crippen LogP contribution in [0, 0.1) is 20.8 Å². The smallest absolute Gasteiger partial charge is 0.221 e. The second-order valence-electron chi connectivity index (χ2n) is 5.38. The number of aryl methyl sites for hydroxylation is 3. The van der Waals surface area contributed by atoms with Crippen LogP contribution in [-0.4, -0.2) is 5.91 Å². The van der Waals surface area contributed by atoms with Gasteiger partial charge in [0.05, 0.1) is 11.4 Å². The fourth-order valence-electron chi connectivity index (χ4n) is 2.27. The minimum absolute atomic E-state index is 0.0851. The van der Waals surface area contributed by atoms with Crippen molar-refractivity contribution < 1.29 is 4.79 Å². The molecule has 0 saturated heterocycles. The Morgan fingerprint density at radius 1 is 1.00 bits per heavy atom. The van der Waals surface area contributed by atoms with Crippen LogP contribution >= 0.6 is 0 Å². The van der Waals surface area contributed by atoms with Crippen molar-refractivity contribution >= 4 is 28.7 Å². The van der Waals surface area contributed by atoms with Gasteiger partial charge in [0.2, 0.25) is 5.91 Å². The number of hydrogen-bond donors (Lipinski definition) is 2. The standard InChI is InChI=1S/C17H20N4O/c1-10-7-14(18)5-6-16(10)21-20-15-8-11(2)17(12(3)9-15)19-13(4)22/h5-9H,18H2,1-4H3,(H,19,22). The molecule has 0 radical (unpaired) electrons. The highest BCUT2D eigenvalue weighted by Crippen LogP contribution is 2.29. The Morgan fingerprint density at radius 3 is 2.18 bits per heavy atom.